The van der Waals surface area contributed by atoms with Gasteiger partial charge >= 0.3 is 0 Å². The zero-order valence-electron chi connectivity index (χ0n) is 15.0. The fraction of sp³-hybridized carbons (Fsp3) is 0.444. The summed E-state index contributed by atoms with van der Waals surface area (Å²) in [7, 11) is 1.67. The van der Waals surface area contributed by atoms with Gasteiger partial charge in [-0.3, -0.25) is 14.6 Å². The number of carbonyl (C=O) groups excluding carboxylic acids is 1. The van der Waals surface area contributed by atoms with Gasteiger partial charge in [0.05, 0.1) is 19.1 Å². The molecule has 0 radical (unpaired) electrons. The standard InChI is InChI=1S/C18H23N5O3/c1-13-3-4-14(10-20-13)9-16(24)23-7-8-26-15(12-23)11-21-17-18(25)22(2)6-5-19-17/h3-6,10,15H,7-9,11-12H2,1-2H3,(H,19,21)/t15-/m0/s1. The first-order chi connectivity index (χ1) is 12.5. The number of rotatable bonds is 5. The van der Waals surface area contributed by atoms with E-state index in [2.05, 4.69) is 15.3 Å². The van der Waals surface area contributed by atoms with E-state index in [1.165, 1.54) is 4.57 Å². The minimum absolute atomic E-state index is 0.0534. The lowest BCUT2D eigenvalue weighted by Gasteiger charge is -2.33. The summed E-state index contributed by atoms with van der Waals surface area (Å²) in [5.41, 5.74) is 1.64. The van der Waals surface area contributed by atoms with E-state index in [0.29, 0.717) is 32.7 Å². The topological polar surface area (TPSA) is 89.4 Å². The maximum Gasteiger partial charge on any atom is 0.293 e. The zero-order chi connectivity index (χ0) is 18.5. The average molecular weight is 357 g/mol. The van der Waals surface area contributed by atoms with Crippen molar-refractivity contribution in [3.8, 4) is 0 Å². The van der Waals surface area contributed by atoms with E-state index in [0.717, 1.165) is 11.3 Å². The molecule has 8 heteroatoms. The zero-order valence-corrected chi connectivity index (χ0v) is 15.0. The third-order valence-electron chi connectivity index (χ3n) is 4.33. The molecule has 1 amide bonds. The molecule has 1 aliphatic heterocycles. The maximum absolute atomic E-state index is 12.5. The highest BCUT2D eigenvalue weighted by Gasteiger charge is 2.24. The van der Waals surface area contributed by atoms with Crippen molar-refractivity contribution in [1.29, 1.82) is 0 Å². The Kier molecular flexibility index (Phi) is 5.62. The number of anilines is 1. The van der Waals surface area contributed by atoms with Crippen LogP contribution in [0, 0.1) is 6.92 Å². The maximum atomic E-state index is 12.5. The third-order valence-corrected chi connectivity index (χ3v) is 4.33. The van der Waals surface area contributed by atoms with Crippen LogP contribution in [0.5, 0.6) is 0 Å². The van der Waals surface area contributed by atoms with Crippen LogP contribution in [0.1, 0.15) is 11.3 Å². The molecule has 1 saturated heterocycles. The molecular weight excluding hydrogens is 334 g/mol. The molecule has 1 N–H and O–H groups in total. The van der Waals surface area contributed by atoms with Crippen LogP contribution < -0.4 is 10.9 Å². The summed E-state index contributed by atoms with van der Waals surface area (Å²) in [5, 5.41) is 3.02. The molecule has 0 saturated carbocycles. The number of amides is 1. The molecule has 3 heterocycles. The Morgan fingerprint density at radius 1 is 1.38 bits per heavy atom. The quantitative estimate of drug-likeness (QED) is 0.831. The van der Waals surface area contributed by atoms with E-state index in [4.69, 9.17) is 4.74 Å². The molecule has 0 bridgehead atoms. The summed E-state index contributed by atoms with van der Waals surface area (Å²) < 4.78 is 7.17. The number of carbonyl (C=O) groups is 1. The largest absolute Gasteiger partial charge is 0.373 e. The van der Waals surface area contributed by atoms with E-state index in [-0.39, 0.29) is 23.4 Å². The SMILES string of the molecule is Cc1ccc(CC(=O)N2CCO[C@@H](CNc3nccn(C)c3=O)C2)cn1. The highest BCUT2D eigenvalue weighted by molar-refractivity contribution is 5.78. The van der Waals surface area contributed by atoms with E-state index < -0.39 is 0 Å². The molecule has 2 aromatic heterocycles. The van der Waals surface area contributed by atoms with E-state index >= 15 is 0 Å². The number of pyridine rings is 1. The number of aromatic nitrogens is 3. The van der Waals surface area contributed by atoms with Gasteiger partial charge in [-0.25, -0.2) is 4.98 Å². The van der Waals surface area contributed by atoms with E-state index in [1.54, 1.807) is 30.5 Å². The minimum Gasteiger partial charge on any atom is -0.373 e. The highest BCUT2D eigenvalue weighted by Crippen LogP contribution is 2.09. The summed E-state index contributed by atoms with van der Waals surface area (Å²) in [6, 6.07) is 3.83. The summed E-state index contributed by atoms with van der Waals surface area (Å²) >= 11 is 0. The Labute approximate surface area is 151 Å². The van der Waals surface area contributed by atoms with Crippen molar-refractivity contribution in [1.82, 2.24) is 19.4 Å². The molecule has 26 heavy (non-hydrogen) atoms. The molecule has 1 atom stereocenters. The Hall–Kier alpha value is -2.74. The molecule has 138 valence electrons. The molecule has 1 aliphatic rings. The Morgan fingerprint density at radius 3 is 3.00 bits per heavy atom. The van der Waals surface area contributed by atoms with Crippen LogP contribution in [0.2, 0.25) is 0 Å². The van der Waals surface area contributed by atoms with Crippen molar-refractivity contribution < 1.29 is 9.53 Å². The predicted octanol–water partition coefficient (Wildman–Crippen LogP) is 0.366. The Bertz CT molecular complexity index is 818. The number of nitrogens with one attached hydrogen (secondary N) is 1. The van der Waals surface area contributed by atoms with Crippen LogP contribution in [0.3, 0.4) is 0 Å². The molecule has 0 aliphatic carbocycles. The van der Waals surface area contributed by atoms with Crippen molar-refractivity contribution in [2.24, 2.45) is 7.05 Å². The van der Waals surface area contributed by atoms with E-state index in [1.807, 2.05) is 19.1 Å². The Morgan fingerprint density at radius 2 is 2.23 bits per heavy atom. The summed E-state index contributed by atoms with van der Waals surface area (Å²) in [4.78, 5) is 34.6. The number of hydrogen-bond donors (Lipinski definition) is 1. The van der Waals surface area contributed by atoms with Gasteiger partial charge < -0.3 is 19.5 Å². The second-order valence-corrected chi connectivity index (χ2v) is 6.39. The van der Waals surface area contributed by atoms with Gasteiger partial charge in [0.1, 0.15) is 0 Å². The number of morpholine rings is 1. The van der Waals surface area contributed by atoms with Crippen molar-refractivity contribution in [2.45, 2.75) is 19.4 Å². The number of ether oxygens (including phenoxy) is 1. The van der Waals surface area contributed by atoms with Crippen molar-refractivity contribution >= 4 is 11.7 Å². The lowest BCUT2D eigenvalue weighted by molar-refractivity contribution is -0.137. The first-order valence-corrected chi connectivity index (χ1v) is 8.59. The van der Waals surface area contributed by atoms with Gasteiger partial charge in [0.15, 0.2) is 5.82 Å². The van der Waals surface area contributed by atoms with Crippen LogP contribution in [-0.4, -0.2) is 57.7 Å². The average Bonchev–Trinajstić information content (AvgIpc) is 2.65. The monoisotopic (exact) mass is 357 g/mol. The van der Waals surface area contributed by atoms with Gasteiger partial charge in [-0.05, 0) is 18.6 Å². The molecular formula is C18H23N5O3. The van der Waals surface area contributed by atoms with Gasteiger partial charge in [0.2, 0.25) is 5.91 Å². The fourth-order valence-corrected chi connectivity index (χ4v) is 2.79. The van der Waals surface area contributed by atoms with Gasteiger partial charge in [-0.2, -0.15) is 0 Å². The fourth-order valence-electron chi connectivity index (χ4n) is 2.79. The minimum atomic E-state index is -0.192. The number of aryl methyl sites for hydroxylation is 2. The van der Waals surface area contributed by atoms with Crippen molar-refractivity contribution in [3.63, 3.8) is 0 Å². The van der Waals surface area contributed by atoms with Crippen molar-refractivity contribution in [2.75, 3.05) is 31.6 Å². The summed E-state index contributed by atoms with van der Waals surface area (Å²) in [6.07, 6.45) is 5.05. The normalized spacial score (nSPS) is 17.2. The van der Waals surface area contributed by atoms with Crippen LogP contribution in [-0.2, 0) is 23.0 Å². The van der Waals surface area contributed by atoms with Gasteiger partial charge in [-0.1, -0.05) is 6.07 Å². The number of hydrogen-bond acceptors (Lipinski definition) is 6. The third kappa shape index (κ3) is 4.45. The molecule has 8 nitrogen and oxygen atoms in total. The van der Waals surface area contributed by atoms with Crippen LogP contribution >= 0.6 is 0 Å². The molecule has 3 rings (SSSR count). The molecule has 2 aromatic rings. The lowest BCUT2D eigenvalue weighted by atomic mass is 10.1. The second-order valence-electron chi connectivity index (χ2n) is 6.39. The van der Waals surface area contributed by atoms with Crippen LogP contribution in [0.15, 0.2) is 35.5 Å². The van der Waals surface area contributed by atoms with Gasteiger partial charge in [-0.15, -0.1) is 0 Å². The van der Waals surface area contributed by atoms with Gasteiger partial charge in [0, 0.05) is 51.0 Å². The van der Waals surface area contributed by atoms with E-state index in [9.17, 15) is 9.59 Å². The Balaban J connectivity index is 1.55. The molecule has 1 fully saturated rings. The van der Waals surface area contributed by atoms with Gasteiger partial charge in [0.25, 0.3) is 5.56 Å². The second kappa shape index (κ2) is 8.09. The predicted molar refractivity (Wildman–Crippen MR) is 97.0 cm³/mol. The van der Waals surface area contributed by atoms with Crippen molar-refractivity contribution in [3.05, 3.63) is 52.3 Å². The first-order valence-electron chi connectivity index (χ1n) is 8.59. The summed E-state index contributed by atoms with van der Waals surface area (Å²) in [5.74, 6) is 0.338. The highest BCUT2D eigenvalue weighted by atomic mass is 16.5. The summed E-state index contributed by atoms with van der Waals surface area (Å²) in [6.45, 7) is 3.87. The molecule has 0 spiro atoms. The first kappa shape index (κ1) is 18.1. The van der Waals surface area contributed by atoms with Crippen LogP contribution in [0.4, 0.5) is 5.82 Å². The number of nitrogens with zero attached hydrogens (tertiary/aromatic N) is 4. The molecule has 0 unspecified atom stereocenters. The molecule has 0 aromatic carbocycles. The van der Waals surface area contributed by atoms with Crippen LogP contribution in [0.25, 0.3) is 0 Å². The lowest BCUT2D eigenvalue weighted by Crippen LogP contribution is -2.48. The smallest absolute Gasteiger partial charge is 0.293 e.